The summed E-state index contributed by atoms with van der Waals surface area (Å²) in [6.07, 6.45) is 0. The van der Waals surface area contributed by atoms with Crippen molar-refractivity contribution in [1.82, 2.24) is 20.4 Å². The van der Waals surface area contributed by atoms with Crippen molar-refractivity contribution in [2.45, 2.75) is 33.9 Å². The van der Waals surface area contributed by atoms with Crippen LogP contribution in [-0.2, 0) is 17.8 Å². The molecular formula is C24H30IN5O2. The number of aliphatic imine (C=N–C) groups is 1. The molecule has 3 aromatic rings. The predicted molar refractivity (Wildman–Crippen MR) is 138 cm³/mol. The number of para-hydroxylation sites is 1. The molecule has 0 amide bonds. The Bertz CT molecular complexity index is 1060. The number of halogens is 1. The lowest BCUT2D eigenvalue weighted by Crippen LogP contribution is -2.37. The lowest BCUT2D eigenvalue weighted by molar-refractivity contribution is 0.0600. The molecule has 0 spiro atoms. The Kier molecular flexibility index (Phi) is 9.70. The maximum atomic E-state index is 11.6. The third-order valence-corrected chi connectivity index (χ3v) is 4.81. The second kappa shape index (κ2) is 12.2. The van der Waals surface area contributed by atoms with E-state index in [1.807, 2.05) is 42.8 Å². The molecule has 0 saturated carbocycles. The van der Waals surface area contributed by atoms with Crippen molar-refractivity contribution in [3.05, 3.63) is 82.7 Å². The van der Waals surface area contributed by atoms with Gasteiger partial charge in [0.2, 0.25) is 0 Å². The van der Waals surface area contributed by atoms with E-state index in [1.165, 1.54) is 7.11 Å². The molecule has 0 unspecified atom stereocenters. The number of carbonyl (C=O) groups excluding carboxylic acids is 1. The van der Waals surface area contributed by atoms with Crippen LogP contribution in [0.4, 0.5) is 0 Å². The zero-order chi connectivity index (χ0) is 22.2. The van der Waals surface area contributed by atoms with Crippen LogP contribution < -0.4 is 10.6 Å². The first-order valence-electron chi connectivity index (χ1n) is 10.3. The highest BCUT2D eigenvalue weighted by Crippen LogP contribution is 2.17. The summed E-state index contributed by atoms with van der Waals surface area (Å²) in [5, 5.41) is 11.3. The SMILES string of the molecule is CCNC(=NCc1ccc(C(=O)OC)cc1)NCc1ccccc1-n1nc(C)cc1C.I. The van der Waals surface area contributed by atoms with Crippen molar-refractivity contribution in [2.24, 2.45) is 4.99 Å². The zero-order valence-electron chi connectivity index (χ0n) is 18.9. The second-order valence-electron chi connectivity index (χ2n) is 7.20. The van der Waals surface area contributed by atoms with Crippen molar-refractivity contribution >= 4 is 35.9 Å². The van der Waals surface area contributed by atoms with E-state index in [0.717, 1.165) is 40.7 Å². The zero-order valence-corrected chi connectivity index (χ0v) is 21.2. The minimum atomic E-state index is -0.341. The van der Waals surface area contributed by atoms with Gasteiger partial charge in [0, 0.05) is 18.8 Å². The van der Waals surface area contributed by atoms with E-state index >= 15 is 0 Å². The van der Waals surface area contributed by atoms with Crippen LogP contribution in [0.1, 0.15) is 39.8 Å². The number of esters is 1. The summed E-state index contributed by atoms with van der Waals surface area (Å²) in [5.41, 5.74) is 5.81. The molecule has 2 aromatic carbocycles. The third kappa shape index (κ3) is 6.56. The first-order valence-corrected chi connectivity index (χ1v) is 10.3. The molecular weight excluding hydrogens is 517 g/mol. The molecule has 3 rings (SSSR count). The van der Waals surface area contributed by atoms with E-state index in [1.54, 1.807) is 12.1 Å². The molecule has 0 atom stereocenters. The van der Waals surface area contributed by atoms with Crippen molar-refractivity contribution < 1.29 is 9.53 Å². The van der Waals surface area contributed by atoms with E-state index in [-0.39, 0.29) is 29.9 Å². The van der Waals surface area contributed by atoms with E-state index in [2.05, 4.69) is 45.8 Å². The molecule has 7 nitrogen and oxygen atoms in total. The monoisotopic (exact) mass is 547 g/mol. The van der Waals surface area contributed by atoms with Gasteiger partial charge in [0.05, 0.1) is 30.6 Å². The van der Waals surface area contributed by atoms with Gasteiger partial charge in [-0.25, -0.2) is 14.5 Å². The fourth-order valence-electron chi connectivity index (χ4n) is 3.29. The van der Waals surface area contributed by atoms with E-state index < -0.39 is 0 Å². The number of rotatable bonds is 7. The number of nitrogens with one attached hydrogen (secondary N) is 2. The number of guanidine groups is 1. The van der Waals surface area contributed by atoms with E-state index in [9.17, 15) is 4.79 Å². The van der Waals surface area contributed by atoms with Crippen LogP contribution in [0.5, 0.6) is 0 Å². The Balaban J connectivity index is 0.00000363. The molecule has 2 N–H and O–H groups in total. The molecule has 0 aliphatic rings. The largest absolute Gasteiger partial charge is 0.465 e. The number of hydrogen-bond acceptors (Lipinski definition) is 4. The summed E-state index contributed by atoms with van der Waals surface area (Å²) in [6.45, 7) is 7.95. The first-order chi connectivity index (χ1) is 15.0. The lowest BCUT2D eigenvalue weighted by atomic mass is 10.1. The van der Waals surface area contributed by atoms with Gasteiger partial charge in [-0.1, -0.05) is 30.3 Å². The molecule has 0 saturated heterocycles. The number of nitrogens with zero attached hydrogens (tertiary/aromatic N) is 3. The third-order valence-electron chi connectivity index (χ3n) is 4.81. The lowest BCUT2D eigenvalue weighted by Gasteiger charge is -2.15. The summed E-state index contributed by atoms with van der Waals surface area (Å²) in [4.78, 5) is 16.2. The standard InChI is InChI=1S/C24H29N5O2.HI/c1-5-25-24(26-15-19-10-12-20(13-11-19)23(30)31-4)27-16-21-8-6-7-9-22(21)29-18(3)14-17(2)28-29;/h6-14H,5,15-16H2,1-4H3,(H2,25,26,27);1H. The highest BCUT2D eigenvalue weighted by Gasteiger charge is 2.09. The highest BCUT2D eigenvalue weighted by atomic mass is 127. The Labute approximate surface area is 206 Å². The summed E-state index contributed by atoms with van der Waals surface area (Å²) < 4.78 is 6.71. The highest BCUT2D eigenvalue weighted by molar-refractivity contribution is 14.0. The van der Waals surface area contributed by atoms with Gasteiger partial charge in [-0.15, -0.1) is 24.0 Å². The summed E-state index contributed by atoms with van der Waals surface area (Å²) >= 11 is 0. The van der Waals surface area contributed by atoms with Crippen molar-refractivity contribution in [3.8, 4) is 5.69 Å². The average Bonchev–Trinajstić information content (AvgIpc) is 3.13. The van der Waals surface area contributed by atoms with Gasteiger partial charge >= 0.3 is 5.97 Å². The number of carbonyl (C=O) groups is 1. The van der Waals surface area contributed by atoms with Crippen LogP contribution in [0.3, 0.4) is 0 Å². The molecule has 0 bridgehead atoms. The van der Waals surface area contributed by atoms with Crippen LogP contribution >= 0.6 is 24.0 Å². The molecule has 32 heavy (non-hydrogen) atoms. The molecule has 170 valence electrons. The number of ether oxygens (including phenoxy) is 1. The number of aromatic nitrogens is 2. The summed E-state index contributed by atoms with van der Waals surface area (Å²) in [6, 6.07) is 17.6. The molecule has 0 aliphatic carbocycles. The number of aryl methyl sites for hydroxylation is 2. The Morgan fingerprint density at radius 2 is 1.81 bits per heavy atom. The van der Waals surface area contributed by atoms with Crippen LogP contribution in [0.2, 0.25) is 0 Å². The van der Waals surface area contributed by atoms with Crippen molar-refractivity contribution in [3.63, 3.8) is 0 Å². The van der Waals surface area contributed by atoms with Gasteiger partial charge in [0.1, 0.15) is 0 Å². The molecule has 0 aliphatic heterocycles. The van der Waals surface area contributed by atoms with Gasteiger partial charge in [0.15, 0.2) is 5.96 Å². The van der Waals surface area contributed by atoms with E-state index in [0.29, 0.717) is 18.7 Å². The Morgan fingerprint density at radius 1 is 1.09 bits per heavy atom. The Hall–Kier alpha value is -2.88. The quantitative estimate of drug-likeness (QED) is 0.201. The smallest absolute Gasteiger partial charge is 0.337 e. The second-order valence-corrected chi connectivity index (χ2v) is 7.20. The fourth-order valence-corrected chi connectivity index (χ4v) is 3.29. The fraction of sp³-hybridized carbons (Fsp3) is 0.292. The molecule has 8 heteroatoms. The Morgan fingerprint density at radius 3 is 2.44 bits per heavy atom. The number of benzene rings is 2. The molecule has 0 radical (unpaired) electrons. The van der Waals surface area contributed by atoms with E-state index in [4.69, 9.17) is 4.74 Å². The molecule has 1 heterocycles. The summed E-state index contributed by atoms with van der Waals surface area (Å²) in [5.74, 6) is 0.383. The van der Waals surface area contributed by atoms with Crippen LogP contribution in [0.15, 0.2) is 59.6 Å². The maximum absolute atomic E-state index is 11.6. The summed E-state index contributed by atoms with van der Waals surface area (Å²) in [7, 11) is 1.38. The first kappa shape index (κ1) is 25.4. The molecule has 1 aromatic heterocycles. The minimum absolute atomic E-state index is 0. The minimum Gasteiger partial charge on any atom is -0.465 e. The van der Waals surface area contributed by atoms with Crippen molar-refractivity contribution in [2.75, 3.05) is 13.7 Å². The van der Waals surface area contributed by atoms with Gasteiger partial charge in [-0.2, -0.15) is 5.10 Å². The van der Waals surface area contributed by atoms with Gasteiger partial charge in [0.25, 0.3) is 0 Å². The van der Waals surface area contributed by atoms with Gasteiger partial charge < -0.3 is 15.4 Å². The predicted octanol–water partition coefficient (Wildman–Crippen LogP) is 4.15. The normalized spacial score (nSPS) is 10.9. The van der Waals surface area contributed by atoms with Crippen LogP contribution in [-0.4, -0.2) is 35.4 Å². The van der Waals surface area contributed by atoms with Gasteiger partial charge in [-0.3, -0.25) is 0 Å². The topological polar surface area (TPSA) is 80.5 Å². The van der Waals surface area contributed by atoms with Crippen molar-refractivity contribution in [1.29, 1.82) is 0 Å². The number of hydrogen-bond donors (Lipinski definition) is 2. The average molecular weight is 547 g/mol. The van der Waals surface area contributed by atoms with Crippen LogP contribution in [0, 0.1) is 13.8 Å². The van der Waals surface area contributed by atoms with Crippen LogP contribution in [0.25, 0.3) is 5.69 Å². The molecule has 0 fully saturated rings. The number of methoxy groups -OCH3 is 1. The van der Waals surface area contributed by atoms with Gasteiger partial charge in [-0.05, 0) is 56.2 Å². The maximum Gasteiger partial charge on any atom is 0.337 e.